The summed E-state index contributed by atoms with van der Waals surface area (Å²) in [6.07, 6.45) is 2.45. The Kier molecular flexibility index (Phi) is 5.54. The van der Waals surface area contributed by atoms with Gasteiger partial charge in [-0.3, -0.25) is 0 Å². The molecule has 0 aliphatic carbocycles. The largest absolute Gasteiger partial charge is 0.317 e. The predicted molar refractivity (Wildman–Crippen MR) is 71.9 cm³/mol. The average molecular weight is 219 g/mol. The molecule has 0 saturated heterocycles. The zero-order valence-corrected chi connectivity index (χ0v) is 11.1. The van der Waals surface area contributed by atoms with Crippen LogP contribution in [0.1, 0.15) is 37.0 Å². The van der Waals surface area contributed by atoms with Gasteiger partial charge in [0.2, 0.25) is 0 Å². The lowest BCUT2D eigenvalue weighted by atomic mass is 9.94. The smallest absolute Gasteiger partial charge is 0.00176 e. The lowest BCUT2D eigenvalue weighted by Crippen LogP contribution is -2.23. The van der Waals surface area contributed by atoms with Crippen LogP contribution in [0.2, 0.25) is 0 Å². The van der Waals surface area contributed by atoms with Gasteiger partial charge in [0, 0.05) is 0 Å². The second-order valence-electron chi connectivity index (χ2n) is 4.78. The van der Waals surface area contributed by atoms with Crippen LogP contribution in [0.4, 0.5) is 0 Å². The molecule has 0 heterocycles. The summed E-state index contributed by atoms with van der Waals surface area (Å²) in [5.41, 5.74) is 4.25. The standard InChI is InChI=1S/C15H25N/c1-5-14(11-16-6-2)10-15-8-12(3)7-13(4)9-15/h7-9,14,16H,5-6,10-11H2,1-4H3. The van der Waals surface area contributed by atoms with Gasteiger partial charge in [0.15, 0.2) is 0 Å². The molecule has 0 amide bonds. The molecule has 1 N–H and O–H groups in total. The molecule has 0 spiro atoms. The SMILES string of the molecule is CCNCC(CC)Cc1cc(C)cc(C)c1. The van der Waals surface area contributed by atoms with Gasteiger partial charge in [-0.1, -0.05) is 49.6 Å². The van der Waals surface area contributed by atoms with Crippen LogP contribution in [0, 0.1) is 19.8 Å². The first-order valence-electron chi connectivity index (χ1n) is 6.43. The zero-order chi connectivity index (χ0) is 12.0. The molecule has 0 bridgehead atoms. The second kappa shape index (κ2) is 6.70. The van der Waals surface area contributed by atoms with E-state index in [-0.39, 0.29) is 0 Å². The van der Waals surface area contributed by atoms with Crippen molar-refractivity contribution >= 4 is 0 Å². The van der Waals surface area contributed by atoms with Gasteiger partial charge in [-0.25, -0.2) is 0 Å². The fourth-order valence-electron chi connectivity index (χ4n) is 2.23. The van der Waals surface area contributed by atoms with Gasteiger partial charge in [0.25, 0.3) is 0 Å². The number of nitrogens with one attached hydrogen (secondary N) is 1. The first kappa shape index (κ1) is 13.2. The van der Waals surface area contributed by atoms with E-state index in [1.54, 1.807) is 0 Å². The Balaban J connectivity index is 2.62. The van der Waals surface area contributed by atoms with Crippen LogP contribution in [0.3, 0.4) is 0 Å². The van der Waals surface area contributed by atoms with Crippen LogP contribution in [-0.2, 0) is 6.42 Å². The van der Waals surface area contributed by atoms with Crippen LogP contribution < -0.4 is 5.32 Å². The quantitative estimate of drug-likeness (QED) is 0.772. The average Bonchev–Trinajstić information content (AvgIpc) is 2.22. The Labute approximate surface area is 100 Å². The van der Waals surface area contributed by atoms with E-state index >= 15 is 0 Å². The van der Waals surface area contributed by atoms with E-state index in [0.717, 1.165) is 19.0 Å². The number of hydrogen-bond acceptors (Lipinski definition) is 1. The van der Waals surface area contributed by atoms with Crippen molar-refractivity contribution in [1.82, 2.24) is 5.32 Å². The van der Waals surface area contributed by atoms with Crippen molar-refractivity contribution in [2.24, 2.45) is 5.92 Å². The Morgan fingerprint density at radius 1 is 1.06 bits per heavy atom. The fraction of sp³-hybridized carbons (Fsp3) is 0.600. The Morgan fingerprint density at radius 2 is 1.69 bits per heavy atom. The minimum Gasteiger partial charge on any atom is -0.317 e. The topological polar surface area (TPSA) is 12.0 Å². The summed E-state index contributed by atoms with van der Waals surface area (Å²) >= 11 is 0. The molecule has 1 aromatic carbocycles. The van der Waals surface area contributed by atoms with Crippen molar-refractivity contribution in [1.29, 1.82) is 0 Å². The summed E-state index contributed by atoms with van der Waals surface area (Å²) in [5, 5.41) is 3.45. The maximum Gasteiger partial charge on any atom is -0.00176 e. The van der Waals surface area contributed by atoms with Crippen LogP contribution in [0.5, 0.6) is 0 Å². The van der Waals surface area contributed by atoms with Crippen LogP contribution in [-0.4, -0.2) is 13.1 Å². The Hall–Kier alpha value is -0.820. The van der Waals surface area contributed by atoms with Crippen molar-refractivity contribution in [3.63, 3.8) is 0 Å². The number of hydrogen-bond donors (Lipinski definition) is 1. The highest BCUT2D eigenvalue weighted by atomic mass is 14.8. The third kappa shape index (κ3) is 4.36. The van der Waals surface area contributed by atoms with E-state index in [0.29, 0.717) is 0 Å². The highest BCUT2D eigenvalue weighted by molar-refractivity contribution is 5.28. The van der Waals surface area contributed by atoms with Gasteiger partial charge in [-0.15, -0.1) is 0 Å². The minimum absolute atomic E-state index is 0.765. The lowest BCUT2D eigenvalue weighted by molar-refractivity contribution is 0.467. The molecule has 0 saturated carbocycles. The number of rotatable bonds is 6. The summed E-state index contributed by atoms with van der Waals surface area (Å²) in [7, 11) is 0. The van der Waals surface area contributed by atoms with Gasteiger partial charge in [0.05, 0.1) is 0 Å². The van der Waals surface area contributed by atoms with Gasteiger partial charge < -0.3 is 5.32 Å². The molecule has 1 heteroatoms. The van der Waals surface area contributed by atoms with E-state index in [9.17, 15) is 0 Å². The molecule has 16 heavy (non-hydrogen) atoms. The van der Waals surface area contributed by atoms with E-state index in [1.807, 2.05) is 0 Å². The molecule has 0 aromatic heterocycles. The third-order valence-corrected chi connectivity index (χ3v) is 3.07. The molecular weight excluding hydrogens is 194 g/mol. The molecule has 1 atom stereocenters. The maximum atomic E-state index is 3.45. The Bertz CT molecular complexity index is 297. The highest BCUT2D eigenvalue weighted by Crippen LogP contribution is 2.15. The van der Waals surface area contributed by atoms with Gasteiger partial charge >= 0.3 is 0 Å². The molecule has 1 aromatic rings. The number of benzene rings is 1. The monoisotopic (exact) mass is 219 g/mol. The summed E-state index contributed by atoms with van der Waals surface area (Å²) in [6.45, 7) is 11.0. The molecule has 0 aliphatic rings. The first-order chi connectivity index (χ1) is 7.65. The van der Waals surface area contributed by atoms with Gasteiger partial charge in [0.1, 0.15) is 0 Å². The molecule has 0 fully saturated rings. The van der Waals surface area contributed by atoms with Crippen molar-refractivity contribution < 1.29 is 0 Å². The van der Waals surface area contributed by atoms with Crippen LogP contribution in [0.25, 0.3) is 0 Å². The van der Waals surface area contributed by atoms with E-state index in [2.05, 4.69) is 51.2 Å². The Morgan fingerprint density at radius 3 is 2.19 bits per heavy atom. The van der Waals surface area contributed by atoms with Crippen molar-refractivity contribution in [3.05, 3.63) is 34.9 Å². The van der Waals surface area contributed by atoms with Crippen molar-refractivity contribution in [3.8, 4) is 0 Å². The van der Waals surface area contributed by atoms with E-state index < -0.39 is 0 Å². The zero-order valence-electron chi connectivity index (χ0n) is 11.1. The highest BCUT2D eigenvalue weighted by Gasteiger charge is 2.07. The maximum absolute atomic E-state index is 3.45. The van der Waals surface area contributed by atoms with Gasteiger partial charge in [-0.2, -0.15) is 0 Å². The van der Waals surface area contributed by atoms with Crippen molar-refractivity contribution in [2.75, 3.05) is 13.1 Å². The van der Waals surface area contributed by atoms with E-state index in [1.165, 1.54) is 29.5 Å². The summed E-state index contributed by atoms with van der Waals surface area (Å²) in [6, 6.07) is 6.89. The number of aryl methyl sites for hydroxylation is 2. The van der Waals surface area contributed by atoms with Crippen LogP contribution >= 0.6 is 0 Å². The summed E-state index contributed by atoms with van der Waals surface area (Å²) in [4.78, 5) is 0. The minimum atomic E-state index is 0.765. The molecule has 0 aliphatic heterocycles. The molecule has 1 rings (SSSR count). The summed E-state index contributed by atoms with van der Waals surface area (Å²) in [5.74, 6) is 0.765. The molecule has 1 nitrogen and oxygen atoms in total. The lowest BCUT2D eigenvalue weighted by Gasteiger charge is -2.16. The van der Waals surface area contributed by atoms with E-state index in [4.69, 9.17) is 0 Å². The molecule has 1 unspecified atom stereocenters. The normalized spacial score (nSPS) is 12.8. The molecular formula is C15H25N. The molecule has 0 radical (unpaired) electrons. The fourth-order valence-corrected chi connectivity index (χ4v) is 2.23. The van der Waals surface area contributed by atoms with Crippen LogP contribution in [0.15, 0.2) is 18.2 Å². The first-order valence-corrected chi connectivity index (χ1v) is 6.43. The molecule has 90 valence electrons. The van der Waals surface area contributed by atoms with Gasteiger partial charge in [-0.05, 0) is 44.8 Å². The predicted octanol–water partition coefficient (Wildman–Crippen LogP) is 3.48. The third-order valence-electron chi connectivity index (χ3n) is 3.07. The second-order valence-corrected chi connectivity index (χ2v) is 4.78. The van der Waals surface area contributed by atoms with Crippen molar-refractivity contribution in [2.45, 2.75) is 40.5 Å². The summed E-state index contributed by atoms with van der Waals surface area (Å²) < 4.78 is 0.